The summed E-state index contributed by atoms with van der Waals surface area (Å²) in [4.78, 5) is 27.5. The zero-order chi connectivity index (χ0) is 17.0. The van der Waals surface area contributed by atoms with Gasteiger partial charge in [-0.25, -0.2) is 9.59 Å². The van der Waals surface area contributed by atoms with Gasteiger partial charge in [-0.2, -0.15) is 0 Å². The lowest BCUT2D eigenvalue weighted by Crippen LogP contribution is -2.52. The Kier molecular flexibility index (Phi) is 6.08. The third-order valence-corrected chi connectivity index (χ3v) is 4.23. The molecule has 2 amide bonds. The number of carbonyl (C=O) groups excluding carboxylic acids is 2. The van der Waals surface area contributed by atoms with Crippen molar-refractivity contribution >= 4 is 12.2 Å². The summed E-state index contributed by atoms with van der Waals surface area (Å²) in [6, 6.07) is 0. The number of ether oxygens (including phenoxy) is 2. The Morgan fingerprint density at radius 2 is 1.05 bits per heavy atom. The number of rotatable bonds is 4. The second-order valence-electron chi connectivity index (χ2n) is 6.94. The van der Waals surface area contributed by atoms with Crippen LogP contribution in [0.2, 0.25) is 0 Å². The Labute approximate surface area is 133 Å². The Bertz CT molecular complexity index is 361. The van der Waals surface area contributed by atoms with Crippen LogP contribution in [0.3, 0.4) is 0 Å². The monoisotopic (exact) mass is 314 g/mol. The van der Waals surface area contributed by atoms with Gasteiger partial charge in [0.15, 0.2) is 0 Å². The number of nitrogens with zero attached hydrogens (tertiary/aromatic N) is 2. The molecule has 0 saturated carbocycles. The number of piperazine rings is 1. The Hall–Kier alpha value is -1.46. The quantitative estimate of drug-likeness (QED) is 0.799. The molecular weight excluding hydrogens is 284 g/mol. The second kappa shape index (κ2) is 7.20. The van der Waals surface area contributed by atoms with Gasteiger partial charge < -0.3 is 19.3 Å². The molecule has 0 N–H and O–H groups in total. The summed E-state index contributed by atoms with van der Waals surface area (Å²) in [5, 5.41) is 0. The minimum absolute atomic E-state index is 0.311. The predicted molar refractivity (Wildman–Crippen MR) is 84.8 cm³/mol. The van der Waals surface area contributed by atoms with E-state index in [4.69, 9.17) is 9.47 Å². The van der Waals surface area contributed by atoms with Gasteiger partial charge in [-0.1, -0.05) is 13.8 Å². The van der Waals surface area contributed by atoms with E-state index in [0.717, 1.165) is 12.8 Å². The van der Waals surface area contributed by atoms with Crippen molar-refractivity contribution in [3.8, 4) is 0 Å². The molecular formula is C16H30N2O4. The van der Waals surface area contributed by atoms with Gasteiger partial charge in [0.25, 0.3) is 0 Å². The minimum Gasteiger partial charge on any atom is -0.443 e. The van der Waals surface area contributed by atoms with E-state index in [1.807, 2.05) is 41.5 Å². The molecule has 1 saturated heterocycles. The maximum absolute atomic E-state index is 12.1. The second-order valence-corrected chi connectivity index (χ2v) is 6.94. The normalized spacial score (nSPS) is 16.5. The van der Waals surface area contributed by atoms with Gasteiger partial charge in [0, 0.05) is 26.2 Å². The summed E-state index contributed by atoms with van der Waals surface area (Å²) in [6.45, 7) is 13.4. The molecule has 1 fully saturated rings. The lowest BCUT2D eigenvalue weighted by Gasteiger charge is -2.37. The van der Waals surface area contributed by atoms with Crippen LogP contribution in [0.1, 0.15) is 54.4 Å². The van der Waals surface area contributed by atoms with E-state index in [-0.39, 0.29) is 12.2 Å². The average molecular weight is 314 g/mol. The van der Waals surface area contributed by atoms with Gasteiger partial charge in [0.2, 0.25) is 0 Å². The van der Waals surface area contributed by atoms with Crippen molar-refractivity contribution in [2.24, 2.45) is 0 Å². The fraction of sp³-hybridized carbons (Fsp3) is 0.875. The summed E-state index contributed by atoms with van der Waals surface area (Å²) in [5.74, 6) is 0. The number of hydrogen-bond acceptors (Lipinski definition) is 4. The molecule has 1 aliphatic rings. The van der Waals surface area contributed by atoms with Crippen LogP contribution in [0.15, 0.2) is 0 Å². The van der Waals surface area contributed by atoms with Crippen LogP contribution >= 0.6 is 0 Å². The third-order valence-electron chi connectivity index (χ3n) is 4.23. The van der Waals surface area contributed by atoms with E-state index < -0.39 is 11.2 Å². The summed E-state index contributed by atoms with van der Waals surface area (Å²) < 4.78 is 10.9. The Morgan fingerprint density at radius 1 is 0.773 bits per heavy atom. The molecule has 0 atom stereocenters. The van der Waals surface area contributed by atoms with E-state index in [1.165, 1.54) is 0 Å². The Morgan fingerprint density at radius 3 is 1.27 bits per heavy atom. The summed E-state index contributed by atoms with van der Waals surface area (Å²) in [5.41, 5.74) is -0.920. The first kappa shape index (κ1) is 18.6. The van der Waals surface area contributed by atoms with Gasteiger partial charge in [-0.05, 0) is 40.5 Å². The van der Waals surface area contributed by atoms with E-state index in [9.17, 15) is 9.59 Å². The molecule has 1 heterocycles. The topological polar surface area (TPSA) is 59.1 Å². The van der Waals surface area contributed by atoms with Crippen LogP contribution in [0.25, 0.3) is 0 Å². The third kappa shape index (κ3) is 5.39. The highest BCUT2D eigenvalue weighted by molar-refractivity contribution is 5.70. The largest absolute Gasteiger partial charge is 0.443 e. The molecule has 6 heteroatoms. The molecule has 1 aliphatic heterocycles. The molecule has 0 radical (unpaired) electrons. The molecule has 0 aliphatic carbocycles. The first-order valence-corrected chi connectivity index (χ1v) is 8.06. The van der Waals surface area contributed by atoms with E-state index in [1.54, 1.807) is 9.80 Å². The van der Waals surface area contributed by atoms with Crippen LogP contribution in [0.5, 0.6) is 0 Å². The van der Waals surface area contributed by atoms with E-state index >= 15 is 0 Å². The van der Waals surface area contributed by atoms with Gasteiger partial charge >= 0.3 is 12.2 Å². The minimum atomic E-state index is -0.460. The molecule has 0 unspecified atom stereocenters. The van der Waals surface area contributed by atoms with E-state index in [2.05, 4.69) is 0 Å². The van der Waals surface area contributed by atoms with Crippen molar-refractivity contribution in [2.45, 2.75) is 65.6 Å². The first-order valence-electron chi connectivity index (χ1n) is 8.06. The fourth-order valence-electron chi connectivity index (χ4n) is 1.82. The smallest absolute Gasteiger partial charge is 0.410 e. The Balaban J connectivity index is 2.46. The van der Waals surface area contributed by atoms with Crippen LogP contribution in [0.4, 0.5) is 9.59 Å². The molecule has 0 aromatic heterocycles. The zero-order valence-electron chi connectivity index (χ0n) is 14.8. The summed E-state index contributed by atoms with van der Waals surface area (Å²) in [7, 11) is 0. The molecule has 0 bridgehead atoms. The molecule has 0 spiro atoms. The van der Waals surface area contributed by atoms with Crippen molar-refractivity contribution in [2.75, 3.05) is 26.2 Å². The lowest BCUT2D eigenvalue weighted by atomic mass is 10.1. The zero-order valence-corrected chi connectivity index (χ0v) is 14.8. The van der Waals surface area contributed by atoms with Gasteiger partial charge in [0.1, 0.15) is 11.2 Å². The maximum atomic E-state index is 12.1. The van der Waals surface area contributed by atoms with Crippen molar-refractivity contribution in [1.29, 1.82) is 0 Å². The fourth-order valence-corrected chi connectivity index (χ4v) is 1.82. The highest BCUT2D eigenvalue weighted by atomic mass is 16.6. The summed E-state index contributed by atoms with van der Waals surface area (Å²) >= 11 is 0. The van der Waals surface area contributed by atoms with Gasteiger partial charge in [-0.3, -0.25) is 0 Å². The van der Waals surface area contributed by atoms with E-state index in [0.29, 0.717) is 26.2 Å². The van der Waals surface area contributed by atoms with Crippen LogP contribution < -0.4 is 0 Å². The maximum Gasteiger partial charge on any atom is 0.410 e. The van der Waals surface area contributed by atoms with Crippen LogP contribution in [-0.4, -0.2) is 59.4 Å². The SMILES string of the molecule is CCC(C)(C)OC(=O)N1CCN(C(=O)OC(C)(C)CC)CC1. The van der Waals surface area contributed by atoms with Crippen LogP contribution in [-0.2, 0) is 9.47 Å². The lowest BCUT2D eigenvalue weighted by molar-refractivity contribution is -0.0115. The number of hydrogen-bond donors (Lipinski definition) is 0. The molecule has 6 nitrogen and oxygen atoms in total. The molecule has 1 rings (SSSR count). The number of carbonyl (C=O) groups is 2. The molecule has 128 valence electrons. The van der Waals surface area contributed by atoms with Crippen molar-refractivity contribution < 1.29 is 19.1 Å². The van der Waals surface area contributed by atoms with Gasteiger partial charge in [-0.15, -0.1) is 0 Å². The van der Waals surface area contributed by atoms with Crippen molar-refractivity contribution in [3.05, 3.63) is 0 Å². The van der Waals surface area contributed by atoms with Crippen molar-refractivity contribution in [1.82, 2.24) is 9.80 Å². The average Bonchev–Trinajstić information content (AvgIpc) is 2.46. The molecule has 0 aromatic rings. The predicted octanol–water partition coefficient (Wildman–Crippen LogP) is 3.25. The van der Waals surface area contributed by atoms with Gasteiger partial charge in [0.05, 0.1) is 0 Å². The highest BCUT2D eigenvalue weighted by Crippen LogP contribution is 2.18. The highest BCUT2D eigenvalue weighted by Gasteiger charge is 2.31. The molecule has 0 aromatic carbocycles. The standard InChI is InChI=1S/C16H30N2O4/c1-7-15(3,4)21-13(19)17-9-11-18(12-10-17)14(20)22-16(5,6)8-2/h7-12H2,1-6H3. The van der Waals surface area contributed by atoms with Crippen LogP contribution in [0, 0.1) is 0 Å². The summed E-state index contributed by atoms with van der Waals surface area (Å²) in [6.07, 6.45) is 0.899. The van der Waals surface area contributed by atoms with Crippen molar-refractivity contribution in [3.63, 3.8) is 0 Å². The molecule has 22 heavy (non-hydrogen) atoms. The number of amides is 2. The first-order chi connectivity index (χ1) is 10.1.